The van der Waals surface area contributed by atoms with Gasteiger partial charge < -0.3 is 40.3 Å². The molecule has 7 atom stereocenters. The SMILES string of the molecule is CCCCCCCCCCCCC/C=C\C/C=C\CCCCCCCCCCCCCCCCCCCC(=O)NC(COC1OC(CO)C(O)C(O)C1O)C(O)/C=C/CCCCCCCCCCCCCCCCCCC. The van der Waals surface area contributed by atoms with E-state index in [0.29, 0.717) is 6.42 Å². The van der Waals surface area contributed by atoms with E-state index in [4.69, 9.17) is 9.47 Å². The Morgan fingerprint density at radius 2 is 0.766 bits per heavy atom. The lowest BCUT2D eigenvalue weighted by atomic mass is 9.99. The zero-order valence-corrected chi connectivity index (χ0v) is 50.7. The third-order valence-corrected chi connectivity index (χ3v) is 16.2. The number of allylic oxidation sites excluding steroid dienone is 5. The zero-order chi connectivity index (χ0) is 55.8. The summed E-state index contributed by atoms with van der Waals surface area (Å²) in [4.78, 5) is 13.1. The van der Waals surface area contributed by atoms with Gasteiger partial charge >= 0.3 is 0 Å². The number of hydrogen-bond donors (Lipinski definition) is 6. The highest BCUT2D eigenvalue weighted by atomic mass is 16.7. The van der Waals surface area contributed by atoms with E-state index in [1.54, 1.807) is 6.08 Å². The van der Waals surface area contributed by atoms with Crippen molar-refractivity contribution in [3.63, 3.8) is 0 Å². The molecule has 1 aliphatic rings. The Hall–Kier alpha value is -1.59. The predicted octanol–water partition coefficient (Wildman–Crippen LogP) is 17.9. The van der Waals surface area contributed by atoms with Gasteiger partial charge in [0.05, 0.1) is 25.4 Å². The summed E-state index contributed by atoms with van der Waals surface area (Å²) >= 11 is 0. The van der Waals surface area contributed by atoms with Crippen LogP contribution in [-0.4, -0.2) is 87.5 Å². The van der Waals surface area contributed by atoms with Gasteiger partial charge in [-0.05, 0) is 51.4 Å². The van der Waals surface area contributed by atoms with E-state index in [0.717, 1.165) is 44.9 Å². The topological polar surface area (TPSA) is 149 Å². The maximum absolute atomic E-state index is 13.1. The van der Waals surface area contributed by atoms with Gasteiger partial charge in [0.2, 0.25) is 5.91 Å². The molecule has 1 saturated heterocycles. The summed E-state index contributed by atoms with van der Waals surface area (Å²) in [6, 6.07) is -0.804. The summed E-state index contributed by atoms with van der Waals surface area (Å²) < 4.78 is 11.3. The highest BCUT2D eigenvalue weighted by Crippen LogP contribution is 2.23. The number of aliphatic hydroxyl groups excluding tert-OH is 5. The number of carbonyl (C=O) groups is 1. The molecule has 0 aromatic carbocycles. The van der Waals surface area contributed by atoms with Gasteiger partial charge in [-0.25, -0.2) is 0 Å². The van der Waals surface area contributed by atoms with Crippen LogP contribution >= 0.6 is 0 Å². The number of rotatable bonds is 59. The number of amides is 1. The van der Waals surface area contributed by atoms with Gasteiger partial charge in [0.25, 0.3) is 0 Å². The lowest BCUT2D eigenvalue weighted by molar-refractivity contribution is -0.302. The van der Waals surface area contributed by atoms with Crippen molar-refractivity contribution < 1.29 is 39.8 Å². The van der Waals surface area contributed by atoms with Crippen molar-refractivity contribution in [2.75, 3.05) is 13.2 Å². The molecular weight excluding hydrogens is 959 g/mol. The van der Waals surface area contributed by atoms with E-state index in [1.807, 2.05) is 6.08 Å². The largest absolute Gasteiger partial charge is 0.394 e. The molecule has 1 heterocycles. The van der Waals surface area contributed by atoms with Crippen molar-refractivity contribution in [2.24, 2.45) is 0 Å². The van der Waals surface area contributed by atoms with E-state index in [2.05, 4.69) is 43.5 Å². The Morgan fingerprint density at radius 3 is 1.12 bits per heavy atom. The van der Waals surface area contributed by atoms with Gasteiger partial charge in [0.1, 0.15) is 24.4 Å². The first-order valence-corrected chi connectivity index (χ1v) is 33.7. The zero-order valence-electron chi connectivity index (χ0n) is 50.7. The van der Waals surface area contributed by atoms with Crippen LogP contribution in [0.1, 0.15) is 335 Å². The van der Waals surface area contributed by atoms with Crippen LogP contribution in [0.2, 0.25) is 0 Å². The van der Waals surface area contributed by atoms with Crippen LogP contribution in [0.5, 0.6) is 0 Å². The molecule has 0 aromatic heterocycles. The first kappa shape index (κ1) is 73.4. The van der Waals surface area contributed by atoms with Crippen LogP contribution in [0.3, 0.4) is 0 Å². The lowest BCUT2D eigenvalue weighted by Gasteiger charge is -2.40. The fourth-order valence-electron chi connectivity index (χ4n) is 10.9. The van der Waals surface area contributed by atoms with Crippen LogP contribution in [-0.2, 0) is 14.3 Å². The number of hydrogen-bond acceptors (Lipinski definition) is 8. The van der Waals surface area contributed by atoms with Gasteiger partial charge in [-0.2, -0.15) is 0 Å². The molecule has 1 rings (SSSR count). The van der Waals surface area contributed by atoms with Crippen molar-refractivity contribution in [3.05, 3.63) is 36.5 Å². The molecule has 0 aromatic rings. The number of unbranched alkanes of at least 4 members (excludes halogenated alkanes) is 45. The maximum Gasteiger partial charge on any atom is 0.220 e. The van der Waals surface area contributed by atoms with Gasteiger partial charge in [0.15, 0.2) is 6.29 Å². The van der Waals surface area contributed by atoms with Crippen molar-refractivity contribution in [3.8, 4) is 0 Å². The van der Waals surface area contributed by atoms with Crippen molar-refractivity contribution in [1.82, 2.24) is 5.32 Å². The molecule has 454 valence electrons. The van der Waals surface area contributed by atoms with Crippen LogP contribution in [0.4, 0.5) is 0 Å². The molecule has 1 fully saturated rings. The van der Waals surface area contributed by atoms with Gasteiger partial charge in [-0.3, -0.25) is 4.79 Å². The number of aliphatic hydroxyl groups is 5. The Bertz CT molecular complexity index is 1310. The molecule has 7 unspecified atom stereocenters. The Balaban J connectivity index is 2.10. The fraction of sp³-hybridized carbons (Fsp3) is 0.897. The fourth-order valence-corrected chi connectivity index (χ4v) is 10.9. The minimum absolute atomic E-state index is 0.171. The van der Waals surface area contributed by atoms with Gasteiger partial charge in [-0.15, -0.1) is 0 Å². The molecule has 6 N–H and O–H groups in total. The average Bonchev–Trinajstić information content (AvgIpc) is 3.43. The normalized spacial score (nSPS) is 18.9. The number of ether oxygens (including phenoxy) is 2. The Kier molecular flexibility index (Phi) is 55.0. The van der Waals surface area contributed by atoms with E-state index in [9.17, 15) is 30.3 Å². The standard InChI is InChI=1S/C68H129NO8/c1-3-5-7-9-11-13-15-17-19-21-23-24-25-26-27-28-29-30-31-32-33-34-35-36-37-38-40-42-44-46-48-50-52-54-56-58-64(72)69-61(60-76-68-67(75)66(74)65(73)63(59-70)77-68)62(71)57-55-53-51-49-47-45-43-41-39-22-20-18-16-14-12-10-8-6-4-2/h25-26,28-29,55,57,61-63,65-68,70-71,73-75H,3-24,27,30-54,56,58-60H2,1-2H3,(H,69,72)/b26-25-,29-28-,57-55+. The Labute approximate surface area is 476 Å². The first-order chi connectivity index (χ1) is 37.8. The molecular formula is C68H129NO8. The van der Waals surface area contributed by atoms with Gasteiger partial charge in [0, 0.05) is 6.42 Å². The van der Waals surface area contributed by atoms with Crippen LogP contribution < -0.4 is 5.32 Å². The smallest absolute Gasteiger partial charge is 0.220 e. The second-order valence-corrected chi connectivity index (χ2v) is 23.6. The lowest BCUT2D eigenvalue weighted by Crippen LogP contribution is -2.60. The van der Waals surface area contributed by atoms with Gasteiger partial charge in [-0.1, -0.05) is 314 Å². The molecule has 1 aliphatic heterocycles. The van der Waals surface area contributed by atoms with Crippen LogP contribution in [0, 0.1) is 0 Å². The van der Waals surface area contributed by atoms with E-state index in [1.165, 1.54) is 270 Å². The highest BCUT2D eigenvalue weighted by molar-refractivity contribution is 5.76. The summed E-state index contributed by atoms with van der Waals surface area (Å²) in [7, 11) is 0. The second kappa shape index (κ2) is 57.6. The second-order valence-electron chi connectivity index (χ2n) is 23.6. The third-order valence-electron chi connectivity index (χ3n) is 16.2. The molecule has 9 heteroatoms. The monoisotopic (exact) mass is 1090 g/mol. The summed E-state index contributed by atoms with van der Waals surface area (Å²) in [5.41, 5.74) is 0. The van der Waals surface area contributed by atoms with Crippen LogP contribution in [0.25, 0.3) is 0 Å². The molecule has 9 nitrogen and oxygen atoms in total. The summed E-state index contributed by atoms with van der Waals surface area (Å²) in [5.74, 6) is -0.171. The van der Waals surface area contributed by atoms with Crippen molar-refractivity contribution in [2.45, 2.75) is 378 Å². The highest BCUT2D eigenvalue weighted by Gasteiger charge is 2.44. The predicted molar refractivity (Wildman–Crippen MR) is 327 cm³/mol. The first-order valence-electron chi connectivity index (χ1n) is 33.7. The average molecular weight is 1090 g/mol. The van der Waals surface area contributed by atoms with Crippen molar-refractivity contribution >= 4 is 5.91 Å². The summed E-state index contributed by atoms with van der Waals surface area (Å²) in [5, 5.41) is 54.7. The minimum atomic E-state index is -1.57. The number of carbonyl (C=O) groups excluding carboxylic acids is 1. The van der Waals surface area contributed by atoms with E-state index < -0.39 is 49.5 Å². The molecule has 0 radical (unpaired) electrons. The Morgan fingerprint density at radius 1 is 0.442 bits per heavy atom. The summed E-state index contributed by atoms with van der Waals surface area (Å²) in [6.07, 6.45) is 69.6. The van der Waals surface area contributed by atoms with Crippen molar-refractivity contribution in [1.29, 1.82) is 0 Å². The molecule has 1 amide bonds. The quantitative estimate of drug-likeness (QED) is 0.0261. The van der Waals surface area contributed by atoms with E-state index >= 15 is 0 Å². The minimum Gasteiger partial charge on any atom is -0.394 e. The van der Waals surface area contributed by atoms with Crippen LogP contribution in [0.15, 0.2) is 36.5 Å². The molecule has 0 saturated carbocycles. The molecule has 77 heavy (non-hydrogen) atoms. The summed E-state index contributed by atoms with van der Waals surface area (Å²) in [6.45, 7) is 3.82. The van der Waals surface area contributed by atoms with E-state index in [-0.39, 0.29) is 12.5 Å². The maximum atomic E-state index is 13.1. The molecule has 0 spiro atoms. The number of nitrogens with one attached hydrogen (secondary N) is 1. The molecule has 0 aliphatic carbocycles. The third kappa shape index (κ3) is 46.7. The molecule has 0 bridgehead atoms.